The van der Waals surface area contributed by atoms with Crippen molar-refractivity contribution >= 4 is 16.7 Å². The highest BCUT2D eigenvalue weighted by molar-refractivity contribution is 7.97. The molecule has 2 nitrogen and oxygen atoms in total. The van der Waals surface area contributed by atoms with Crippen molar-refractivity contribution in [2.24, 2.45) is 0 Å². The molecule has 5 aromatic carbocycles. The van der Waals surface area contributed by atoms with Crippen molar-refractivity contribution in [2.45, 2.75) is 21.6 Å². The van der Waals surface area contributed by atoms with E-state index in [9.17, 15) is 4.79 Å². The van der Waals surface area contributed by atoms with Crippen LogP contribution in [0.5, 0.6) is 5.75 Å². The van der Waals surface area contributed by atoms with Crippen LogP contribution in [0.3, 0.4) is 0 Å². The number of hydrogen-bond donors (Lipinski definition) is 0. The maximum atomic E-state index is 12.9. The third-order valence-corrected chi connectivity index (χ3v) is 8.39. The summed E-state index contributed by atoms with van der Waals surface area (Å²) in [4.78, 5) is 16.6. The fraction of sp³-hybridized carbons (Fsp3) is 0.0606. The first-order chi connectivity index (χ1) is 17.6. The second-order valence-electron chi connectivity index (χ2n) is 8.59. The predicted molar refractivity (Wildman–Crippen MR) is 148 cm³/mol. The molecule has 0 N–H and O–H groups in total. The van der Waals surface area contributed by atoms with Gasteiger partial charge in [0, 0.05) is 11.1 Å². The third-order valence-electron chi connectivity index (χ3n) is 6.16. The first-order valence-electron chi connectivity index (χ1n) is 11.9. The van der Waals surface area contributed by atoms with E-state index in [1.807, 2.05) is 54.6 Å². The molecular weight excluding hydrogens is 460 g/mol. The van der Waals surface area contributed by atoms with Crippen LogP contribution in [0.2, 0.25) is 0 Å². The van der Waals surface area contributed by atoms with Crippen LogP contribution in [0.1, 0.15) is 21.5 Å². The Hall–Kier alpha value is -4.08. The van der Waals surface area contributed by atoms with Gasteiger partial charge in [-0.05, 0) is 90.8 Å². The van der Waals surface area contributed by atoms with Crippen LogP contribution in [0.4, 0.5) is 0 Å². The van der Waals surface area contributed by atoms with Crippen molar-refractivity contribution in [2.75, 3.05) is 7.11 Å². The monoisotopic (exact) mass is 487 g/mol. The molecule has 5 rings (SSSR count). The minimum Gasteiger partial charge on any atom is -0.497 e. The number of hydrogen-bond acceptors (Lipinski definition) is 2. The number of carbonyl (C=O) groups is 1. The second-order valence-corrected chi connectivity index (χ2v) is 10.6. The molecule has 1 atom stereocenters. The van der Waals surface area contributed by atoms with E-state index >= 15 is 0 Å². The molecule has 0 aliphatic heterocycles. The van der Waals surface area contributed by atoms with Crippen molar-refractivity contribution in [3.63, 3.8) is 0 Å². The smallest absolute Gasteiger partial charge is 0.193 e. The Morgan fingerprint density at radius 3 is 1.53 bits per heavy atom. The van der Waals surface area contributed by atoms with E-state index in [1.54, 1.807) is 7.11 Å². The predicted octanol–water partition coefficient (Wildman–Crippen LogP) is 8.00. The van der Waals surface area contributed by atoms with Crippen molar-refractivity contribution in [1.82, 2.24) is 0 Å². The van der Waals surface area contributed by atoms with E-state index in [2.05, 4.69) is 79.7 Å². The van der Waals surface area contributed by atoms with E-state index < -0.39 is 0 Å². The lowest BCUT2D eigenvalue weighted by Gasteiger charge is -2.10. The minimum atomic E-state index is -0.290. The first-order valence-corrected chi connectivity index (χ1v) is 13.1. The highest BCUT2D eigenvalue weighted by Crippen LogP contribution is 2.33. The summed E-state index contributed by atoms with van der Waals surface area (Å²) in [6, 6.07) is 43.2. The summed E-state index contributed by atoms with van der Waals surface area (Å²) < 4.78 is 5.29. The maximum absolute atomic E-state index is 12.9. The Morgan fingerprint density at radius 2 is 1.00 bits per heavy atom. The Kier molecular flexibility index (Phi) is 7.01. The van der Waals surface area contributed by atoms with Gasteiger partial charge < -0.3 is 4.74 Å². The molecule has 0 fully saturated rings. The number of ether oxygens (including phenoxy) is 1. The molecule has 0 aliphatic rings. The van der Waals surface area contributed by atoms with Crippen LogP contribution < -0.4 is 4.74 Å². The van der Waals surface area contributed by atoms with Crippen LogP contribution in [0, 0.1) is 6.92 Å². The standard InChI is InChI=1S/C33H27O2S/c1-24-8-18-30(19-9-24)36(31-20-12-26(13-21-31)25-10-16-29(35-2)17-11-25)32-22-14-28(15-23-32)33(34)27-6-4-3-5-7-27/h3-23H,1-2H3/q+1. The minimum absolute atomic E-state index is 0.0428. The van der Waals surface area contributed by atoms with Crippen molar-refractivity contribution in [3.8, 4) is 16.9 Å². The topological polar surface area (TPSA) is 26.3 Å². The van der Waals surface area contributed by atoms with Gasteiger partial charge in [-0.3, -0.25) is 4.79 Å². The normalized spacial score (nSPS) is 11.6. The number of benzene rings is 5. The van der Waals surface area contributed by atoms with E-state index in [1.165, 1.54) is 20.2 Å². The summed E-state index contributed by atoms with van der Waals surface area (Å²) in [5, 5.41) is 0. The number of rotatable bonds is 7. The van der Waals surface area contributed by atoms with Gasteiger partial charge in [-0.25, -0.2) is 0 Å². The molecule has 0 aliphatic carbocycles. The number of ketones is 1. The van der Waals surface area contributed by atoms with Gasteiger partial charge in [0.2, 0.25) is 0 Å². The van der Waals surface area contributed by atoms with Crippen LogP contribution in [0.25, 0.3) is 11.1 Å². The molecule has 5 aromatic rings. The van der Waals surface area contributed by atoms with Crippen LogP contribution in [-0.4, -0.2) is 12.9 Å². The fourth-order valence-corrected chi connectivity index (χ4v) is 6.19. The molecule has 0 radical (unpaired) electrons. The largest absolute Gasteiger partial charge is 0.497 e. The highest BCUT2D eigenvalue weighted by atomic mass is 32.2. The highest BCUT2D eigenvalue weighted by Gasteiger charge is 2.29. The van der Waals surface area contributed by atoms with Gasteiger partial charge >= 0.3 is 0 Å². The summed E-state index contributed by atoms with van der Waals surface area (Å²) in [5.41, 5.74) is 4.96. The third kappa shape index (κ3) is 5.12. The molecule has 0 saturated heterocycles. The zero-order valence-corrected chi connectivity index (χ0v) is 21.2. The van der Waals surface area contributed by atoms with E-state index in [0.29, 0.717) is 11.1 Å². The zero-order valence-electron chi connectivity index (χ0n) is 20.3. The SMILES string of the molecule is COc1ccc(-c2ccc([S+](c3ccc(C)cc3)c3ccc(C(=O)c4ccccc4)cc3)cc2)cc1. The molecule has 3 heteroatoms. The molecule has 0 amide bonds. The van der Waals surface area contributed by atoms with Gasteiger partial charge in [0.1, 0.15) is 5.75 Å². The van der Waals surface area contributed by atoms with Crippen LogP contribution in [-0.2, 0) is 10.9 Å². The van der Waals surface area contributed by atoms with Crippen LogP contribution >= 0.6 is 0 Å². The van der Waals surface area contributed by atoms with Gasteiger partial charge in [0.15, 0.2) is 20.5 Å². The summed E-state index contributed by atoms with van der Waals surface area (Å²) in [7, 11) is 1.39. The first kappa shape index (κ1) is 23.7. The van der Waals surface area contributed by atoms with E-state index in [-0.39, 0.29) is 16.7 Å². The van der Waals surface area contributed by atoms with Crippen LogP contribution in [0.15, 0.2) is 142 Å². The summed E-state index contributed by atoms with van der Waals surface area (Å²) in [6.07, 6.45) is 0. The fourth-order valence-electron chi connectivity index (χ4n) is 4.15. The Morgan fingerprint density at radius 1 is 0.556 bits per heavy atom. The molecule has 0 aromatic heterocycles. The molecule has 0 saturated carbocycles. The zero-order chi connectivity index (χ0) is 24.9. The summed E-state index contributed by atoms with van der Waals surface area (Å²) in [6.45, 7) is 2.11. The Labute approximate surface area is 215 Å². The van der Waals surface area contributed by atoms with Gasteiger partial charge in [-0.15, -0.1) is 0 Å². The number of aryl methyl sites for hydroxylation is 1. The number of carbonyl (C=O) groups excluding carboxylic acids is 1. The lowest BCUT2D eigenvalue weighted by Crippen LogP contribution is -2.06. The molecular formula is C33H27O2S+. The Balaban J connectivity index is 1.48. The van der Waals surface area contributed by atoms with Gasteiger partial charge in [0.05, 0.1) is 18.0 Å². The van der Waals surface area contributed by atoms with Gasteiger partial charge in [-0.1, -0.05) is 60.2 Å². The summed E-state index contributed by atoms with van der Waals surface area (Å²) >= 11 is 0. The molecule has 1 unspecified atom stereocenters. The van der Waals surface area contributed by atoms with Gasteiger partial charge in [0.25, 0.3) is 0 Å². The quantitative estimate of drug-likeness (QED) is 0.172. The second kappa shape index (κ2) is 10.7. The Bertz CT molecular complexity index is 1440. The van der Waals surface area contributed by atoms with Crippen molar-refractivity contribution in [3.05, 3.63) is 144 Å². The average Bonchev–Trinajstić information content (AvgIpc) is 2.95. The number of methoxy groups -OCH3 is 1. The summed E-state index contributed by atoms with van der Waals surface area (Å²) in [5.74, 6) is 0.895. The lowest BCUT2D eigenvalue weighted by molar-refractivity contribution is 0.103. The maximum Gasteiger partial charge on any atom is 0.193 e. The van der Waals surface area contributed by atoms with Crippen molar-refractivity contribution < 1.29 is 9.53 Å². The average molecular weight is 488 g/mol. The van der Waals surface area contributed by atoms with E-state index in [4.69, 9.17) is 4.74 Å². The van der Waals surface area contributed by atoms with E-state index in [0.717, 1.165) is 16.9 Å². The molecule has 36 heavy (non-hydrogen) atoms. The molecule has 0 heterocycles. The molecule has 0 bridgehead atoms. The molecule has 0 spiro atoms. The van der Waals surface area contributed by atoms with Crippen molar-refractivity contribution in [1.29, 1.82) is 0 Å². The lowest BCUT2D eigenvalue weighted by atomic mass is 10.0. The van der Waals surface area contributed by atoms with Gasteiger partial charge in [-0.2, -0.15) is 0 Å². The molecule has 176 valence electrons.